The molecule has 1 amide bonds. The third kappa shape index (κ3) is 5.83. The van der Waals surface area contributed by atoms with Crippen molar-refractivity contribution < 1.29 is 9.53 Å². The maximum absolute atomic E-state index is 12.9. The molecule has 0 aromatic heterocycles. The Labute approximate surface area is 162 Å². The van der Waals surface area contributed by atoms with Gasteiger partial charge in [-0.3, -0.25) is 9.69 Å². The Hall–Kier alpha value is -2.33. The Bertz CT molecular complexity index is 722. The molecule has 1 saturated heterocycles. The van der Waals surface area contributed by atoms with Crippen LogP contribution in [0.1, 0.15) is 36.2 Å². The van der Waals surface area contributed by atoms with Gasteiger partial charge in [-0.05, 0) is 36.1 Å². The first-order chi connectivity index (χ1) is 13.1. The van der Waals surface area contributed by atoms with Gasteiger partial charge in [-0.15, -0.1) is 0 Å². The fraction of sp³-hybridized carbons (Fsp3) is 0.435. The lowest BCUT2D eigenvalue weighted by Gasteiger charge is -2.34. The summed E-state index contributed by atoms with van der Waals surface area (Å²) >= 11 is 0. The van der Waals surface area contributed by atoms with Gasteiger partial charge >= 0.3 is 0 Å². The molecule has 4 nitrogen and oxygen atoms in total. The van der Waals surface area contributed by atoms with E-state index in [1.165, 1.54) is 5.56 Å². The molecule has 1 fully saturated rings. The molecule has 0 N–H and O–H groups in total. The minimum absolute atomic E-state index is 0.101. The monoisotopic (exact) mass is 366 g/mol. The van der Waals surface area contributed by atoms with Gasteiger partial charge < -0.3 is 9.64 Å². The number of hydrogen-bond donors (Lipinski definition) is 0. The number of piperazine rings is 1. The fourth-order valence-electron chi connectivity index (χ4n) is 3.26. The standard InChI is InChI=1S/C23H30N2O2/c1-19(2)11-16-27-22-10-6-9-21(17-22)23(26)25-14-12-24(13-15-25)18-20-7-4-3-5-8-20/h3-10,17,19H,11-16,18H2,1-2H3. The third-order valence-electron chi connectivity index (χ3n) is 4.95. The first-order valence-corrected chi connectivity index (χ1v) is 9.90. The van der Waals surface area contributed by atoms with E-state index in [2.05, 4.69) is 43.0 Å². The zero-order valence-electron chi connectivity index (χ0n) is 16.4. The molecule has 2 aromatic rings. The number of nitrogens with zero attached hydrogens (tertiary/aromatic N) is 2. The summed E-state index contributed by atoms with van der Waals surface area (Å²) in [4.78, 5) is 17.2. The van der Waals surface area contributed by atoms with Crippen LogP contribution in [0, 0.1) is 5.92 Å². The van der Waals surface area contributed by atoms with Gasteiger partial charge in [-0.2, -0.15) is 0 Å². The zero-order chi connectivity index (χ0) is 19.1. The highest BCUT2D eigenvalue weighted by atomic mass is 16.5. The summed E-state index contributed by atoms with van der Waals surface area (Å²) < 4.78 is 5.80. The SMILES string of the molecule is CC(C)CCOc1cccc(C(=O)N2CCN(Cc3ccccc3)CC2)c1. The van der Waals surface area contributed by atoms with Crippen molar-refractivity contribution in [2.45, 2.75) is 26.8 Å². The van der Waals surface area contributed by atoms with Crippen LogP contribution in [0.25, 0.3) is 0 Å². The molecule has 27 heavy (non-hydrogen) atoms. The fourth-order valence-corrected chi connectivity index (χ4v) is 3.26. The summed E-state index contributed by atoms with van der Waals surface area (Å²) in [5, 5.41) is 0. The van der Waals surface area contributed by atoms with Gasteiger partial charge in [0.15, 0.2) is 0 Å². The summed E-state index contributed by atoms with van der Waals surface area (Å²) in [6, 6.07) is 18.1. The van der Waals surface area contributed by atoms with Crippen molar-refractivity contribution in [3.05, 3.63) is 65.7 Å². The van der Waals surface area contributed by atoms with Crippen LogP contribution in [-0.2, 0) is 6.54 Å². The lowest BCUT2D eigenvalue weighted by atomic mass is 10.1. The van der Waals surface area contributed by atoms with E-state index >= 15 is 0 Å². The first-order valence-electron chi connectivity index (χ1n) is 9.90. The molecule has 0 unspecified atom stereocenters. The van der Waals surface area contributed by atoms with Gasteiger partial charge in [0.05, 0.1) is 6.61 Å². The van der Waals surface area contributed by atoms with Crippen LogP contribution in [0.2, 0.25) is 0 Å². The number of ether oxygens (including phenoxy) is 1. The number of amides is 1. The summed E-state index contributed by atoms with van der Waals surface area (Å²) in [5.74, 6) is 1.50. The average Bonchev–Trinajstić information content (AvgIpc) is 2.69. The van der Waals surface area contributed by atoms with Gasteiger partial charge in [0, 0.05) is 38.3 Å². The second-order valence-electron chi connectivity index (χ2n) is 7.61. The molecular formula is C23H30N2O2. The maximum atomic E-state index is 12.9. The third-order valence-corrected chi connectivity index (χ3v) is 4.95. The molecule has 1 aliphatic rings. The average molecular weight is 367 g/mol. The molecule has 1 heterocycles. The van der Waals surface area contributed by atoms with Gasteiger partial charge in [0.1, 0.15) is 5.75 Å². The van der Waals surface area contributed by atoms with Gasteiger partial charge in [-0.25, -0.2) is 0 Å². The molecule has 0 saturated carbocycles. The highest BCUT2D eigenvalue weighted by Gasteiger charge is 2.22. The van der Waals surface area contributed by atoms with Gasteiger partial charge in [-0.1, -0.05) is 50.2 Å². The van der Waals surface area contributed by atoms with E-state index in [0.717, 1.165) is 44.9 Å². The van der Waals surface area contributed by atoms with E-state index in [1.54, 1.807) is 0 Å². The van der Waals surface area contributed by atoms with Gasteiger partial charge in [0.2, 0.25) is 0 Å². The van der Waals surface area contributed by atoms with Crippen molar-refractivity contribution in [3.8, 4) is 5.75 Å². The maximum Gasteiger partial charge on any atom is 0.254 e. The summed E-state index contributed by atoms with van der Waals surface area (Å²) in [7, 11) is 0. The van der Waals surface area contributed by atoms with Crippen molar-refractivity contribution in [2.24, 2.45) is 5.92 Å². The van der Waals surface area contributed by atoms with E-state index in [1.807, 2.05) is 35.2 Å². The summed E-state index contributed by atoms with van der Waals surface area (Å²) in [6.45, 7) is 9.35. The Morgan fingerprint density at radius 1 is 1.00 bits per heavy atom. The van der Waals surface area contributed by atoms with Crippen molar-refractivity contribution in [3.63, 3.8) is 0 Å². The van der Waals surface area contributed by atoms with Crippen molar-refractivity contribution >= 4 is 5.91 Å². The van der Waals surface area contributed by atoms with Crippen LogP contribution in [0.4, 0.5) is 0 Å². The molecule has 144 valence electrons. The van der Waals surface area contributed by atoms with Crippen LogP contribution in [0.5, 0.6) is 5.75 Å². The lowest BCUT2D eigenvalue weighted by Crippen LogP contribution is -2.48. The molecule has 0 bridgehead atoms. The smallest absolute Gasteiger partial charge is 0.254 e. The van der Waals surface area contributed by atoms with Crippen LogP contribution in [0.3, 0.4) is 0 Å². The van der Waals surface area contributed by atoms with Crippen molar-refractivity contribution in [1.29, 1.82) is 0 Å². The van der Waals surface area contributed by atoms with E-state index < -0.39 is 0 Å². The second-order valence-corrected chi connectivity index (χ2v) is 7.61. The summed E-state index contributed by atoms with van der Waals surface area (Å²) in [6.07, 6.45) is 1.02. The molecule has 0 atom stereocenters. The Kier molecular flexibility index (Phi) is 6.88. The van der Waals surface area contributed by atoms with Crippen LogP contribution in [0.15, 0.2) is 54.6 Å². The number of benzene rings is 2. The largest absolute Gasteiger partial charge is 0.494 e. The quantitative estimate of drug-likeness (QED) is 0.740. The summed E-state index contributed by atoms with van der Waals surface area (Å²) in [5.41, 5.74) is 2.04. The van der Waals surface area contributed by atoms with Crippen LogP contribution >= 0.6 is 0 Å². The first kappa shape index (κ1) is 19.4. The lowest BCUT2D eigenvalue weighted by molar-refractivity contribution is 0.0628. The van der Waals surface area contributed by atoms with Crippen LogP contribution < -0.4 is 4.74 Å². The highest BCUT2D eigenvalue weighted by Crippen LogP contribution is 2.17. The molecule has 1 aliphatic heterocycles. The predicted molar refractivity (Wildman–Crippen MR) is 109 cm³/mol. The number of rotatable bonds is 7. The van der Waals surface area contributed by atoms with E-state index in [9.17, 15) is 4.79 Å². The van der Waals surface area contributed by atoms with Crippen molar-refractivity contribution in [1.82, 2.24) is 9.80 Å². The molecule has 3 rings (SSSR count). The normalized spacial score (nSPS) is 15.1. The van der Waals surface area contributed by atoms with E-state index in [4.69, 9.17) is 4.74 Å². The molecule has 2 aromatic carbocycles. The molecule has 0 spiro atoms. The highest BCUT2D eigenvalue weighted by molar-refractivity contribution is 5.94. The Morgan fingerprint density at radius 3 is 2.44 bits per heavy atom. The molecular weight excluding hydrogens is 336 g/mol. The Morgan fingerprint density at radius 2 is 1.74 bits per heavy atom. The second kappa shape index (κ2) is 9.56. The number of carbonyl (C=O) groups excluding carboxylic acids is 1. The Balaban J connectivity index is 1.51. The number of carbonyl (C=O) groups is 1. The minimum atomic E-state index is 0.101. The van der Waals surface area contributed by atoms with E-state index in [-0.39, 0.29) is 5.91 Å². The molecule has 4 heteroatoms. The van der Waals surface area contributed by atoms with Crippen molar-refractivity contribution in [2.75, 3.05) is 32.8 Å². The topological polar surface area (TPSA) is 32.8 Å². The minimum Gasteiger partial charge on any atom is -0.494 e. The number of hydrogen-bond acceptors (Lipinski definition) is 3. The van der Waals surface area contributed by atoms with E-state index in [0.29, 0.717) is 18.1 Å². The van der Waals surface area contributed by atoms with Crippen LogP contribution in [-0.4, -0.2) is 48.5 Å². The molecule has 0 radical (unpaired) electrons. The van der Waals surface area contributed by atoms with Gasteiger partial charge in [0.25, 0.3) is 5.91 Å². The zero-order valence-corrected chi connectivity index (χ0v) is 16.4. The predicted octanol–water partition coefficient (Wildman–Crippen LogP) is 4.07. The molecule has 0 aliphatic carbocycles.